The van der Waals surface area contributed by atoms with Gasteiger partial charge in [0.1, 0.15) is 5.69 Å². The van der Waals surface area contributed by atoms with Crippen LogP contribution in [0.5, 0.6) is 0 Å². The Hall–Kier alpha value is -2.59. The Kier molecular flexibility index (Phi) is 2.96. The zero-order valence-corrected chi connectivity index (χ0v) is 8.46. The quantitative estimate of drug-likeness (QED) is 0.662. The summed E-state index contributed by atoms with van der Waals surface area (Å²) < 4.78 is 1.86. The zero-order chi connectivity index (χ0) is 11.2. The van der Waals surface area contributed by atoms with Crippen molar-refractivity contribution < 1.29 is 0 Å². The minimum absolute atomic E-state index is 0.568. The fourth-order valence-corrected chi connectivity index (χ4v) is 1.17. The van der Waals surface area contributed by atoms with Crippen molar-refractivity contribution in [3.63, 3.8) is 0 Å². The molecule has 0 aliphatic carbocycles. The van der Waals surface area contributed by atoms with Gasteiger partial charge in [0.15, 0.2) is 0 Å². The first-order chi connectivity index (χ1) is 7.88. The summed E-state index contributed by atoms with van der Waals surface area (Å²) in [6, 6.07) is 5.37. The van der Waals surface area contributed by atoms with E-state index in [2.05, 4.69) is 21.8 Å². The van der Waals surface area contributed by atoms with Crippen LogP contribution in [-0.4, -0.2) is 14.5 Å². The number of rotatable bonds is 1. The number of hydrogen-bond acceptors (Lipinski definition) is 3. The Bertz CT molecular complexity index is 567. The fourth-order valence-electron chi connectivity index (χ4n) is 1.17. The van der Waals surface area contributed by atoms with E-state index in [9.17, 15) is 0 Å². The molecule has 0 saturated carbocycles. The number of nitriles is 1. The first-order valence-corrected chi connectivity index (χ1v) is 4.69. The van der Waals surface area contributed by atoms with E-state index < -0.39 is 0 Å². The molecule has 0 spiro atoms. The summed E-state index contributed by atoms with van der Waals surface area (Å²) in [6.45, 7) is 0.568. The molecule has 0 fully saturated rings. The van der Waals surface area contributed by atoms with Gasteiger partial charge in [-0.25, -0.2) is 9.97 Å². The molecule has 76 valence electrons. The highest BCUT2D eigenvalue weighted by Crippen LogP contribution is 1.98. The maximum atomic E-state index is 8.70. The summed E-state index contributed by atoms with van der Waals surface area (Å²) in [5.74, 6) is 5.85. The number of imidazole rings is 1. The summed E-state index contributed by atoms with van der Waals surface area (Å²) in [6.07, 6.45) is 6.83. The van der Waals surface area contributed by atoms with Crippen LogP contribution in [-0.2, 0) is 6.54 Å². The van der Waals surface area contributed by atoms with Gasteiger partial charge in [0.25, 0.3) is 0 Å². The molecule has 2 rings (SSSR count). The van der Waals surface area contributed by atoms with Gasteiger partial charge in [-0.2, -0.15) is 5.26 Å². The molecule has 0 aliphatic rings. The Morgan fingerprint density at radius 2 is 2.31 bits per heavy atom. The second kappa shape index (κ2) is 4.77. The van der Waals surface area contributed by atoms with Crippen molar-refractivity contribution in [2.24, 2.45) is 0 Å². The van der Waals surface area contributed by atoms with Gasteiger partial charge < -0.3 is 4.57 Å². The minimum Gasteiger partial charge on any atom is -0.326 e. The van der Waals surface area contributed by atoms with E-state index in [-0.39, 0.29) is 0 Å². The summed E-state index contributed by atoms with van der Waals surface area (Å²) in [7, 11) is 0. The third-order valence-electron chi connectivity index (χ3n) is 1.93. The van der Waals surface area contributed by atoms with Gasteiger partial charge in [-0.15, -0.1) is 0 Å². The largest absolute Gasteiger partial charge is 0.326 e. The highest BCUT2D eigenvalue weighted by Gasteiger charge is 1.91. The monoisotopic (exact) mass is 208 g/mol. The highest BCUT2D eigenvalue weighted by atomic mass is 15.0. The molecule has 16 heavy (non-hydrogen) atoms. The smallest absolute Gasteiger partial charge is 0.114 e. The molecule has 0 aromatic carbocycles. The topological polar surface area (TPSA) is 54.5 Å². The summed E-state index contributed by atoms with van der Waals surface area (Å²) in [5, 5.41) is 8.70. The van der Waals surface area contributed by atoms with Crippen LogP contribution in [0.1, 0.15) is 11.3 Å². The molecule has 0 atom stereocenters. The van der Waals surface area contributed by atoms with Crippen LogP contribution in [0.2, 0.25) is 0 Å². The highest BCUT2D eigenvalue weighted by molar-refractivity contribution is 5.36. The lowest BCUT2D eigenvalue weighted by Crippen LogP contribution is -1.90. The lowest BCUT2D eigenvalue weighted by Gasteiger charge is -1.91. The van der Waals surface area contributed by atoms with Crippen molar-refractivity contribution in [3.8, 4) is 17.9 Å². The molecule has 4 heteroatoms. The third kappa shape index (κ3) is 2.46. The van der Waals surface area contributed by atoms with Crippen molar-refractivity contribution in [1.29, 1.82) is 5.26 Å². The molecule has 4 nitrogen and oxygen atoms in total. The molecule has 0 N–H and O–H groups in total. The second-order valence-electron chi connectivity index (χ2n) is 3.08. The van der Waals surface area contributed by atoms with Crippen molar-refractivity contribution >= 4 is 0 Å². The van der Waals surface area contributed by atoms with E-state index >= 15 is 0 Å². The average Bonchev–Trinajstić information content (AvgIpc) is 2.82. The van der Waals surface area contributed by atoms with Crippen LogP contribution in [0.4, 0.5) is 0 Å². The van der Waals surface area contributed by atoms with Crippen molar-refractivity contribution in [3.05, 3.63) is 48.3 Å². The molecule has 0 saturated heterocycles. The van der Waals surface area contributed by atoms with Crippen molar-refractivity contribution in [2.75, 3.05) is 0 Å². The molecular formula is C12H8N4. The minimum atomic E-state index is 0.568. The molecule has 0 unspecified atom stereocenters. The van der Waals surface area contributed by atoms with Crippen LogP contribution in [0.3, 0.4) is 0 Å². The number of hydrogen-bond donors (Lipinski definition) is 0. The van der Waals surface area contributed by atoms with Crippen molar-refractivity contribution in [1.82, 2.24) is 14.5 Å². The summed E-state index contributed by atoms with van der Waals surface area (Å²) in [5.41, 5.74) is 1.18. The van der Waals surface area contributed by atoms with Gasteiger partial charge >= 0.3 is 0 Å². The van der Waals surface area contributed by atoms with Gasteiger partial charge in [0, 0.05) is 18.6 Å². The van der Waals surface area contributed by atoms with Gasteiger partial charge in [-0.05, 0) is 18.1 Å². The predicted molar refractivity (Wildman–Crippen MR) is 58.1 cm³/mol. The third-order valence-corrected chi connectivity index (χ3v) is 1.93. The number of nitrogens with zero attached hydrogens (tertiary/aromatic N) is 4. The average molecular weight is 208 g/mol. The van der Waals surface area contributed by atoms with Crippen LogP contribution < -0.4 is 0 Å². The van der Waals surface area contributed by atoms with Crippen LogP contribution in [0.15, 0.2) is 37.1 Å². The summed E-state index contributed by atoms with van der Waals surface area (Å²) >= 11 is 0. The van der Waals surface area contributed by atoms with Gasteiger partial charge in [0.2, 0.25) is 0 Å². The first kappa shape index (κ1) is 9.95. The first-order valence-electron chi connectivity index (χ1n) is 4.69. The lowest BCUT2D eigenvalue weighted by atomic mass is 10.2. The Morgan fingerprint density at radius 1 is 1.38 bits per heavy atom. The Morgan fingerprint density at radius 3 is 3.06 bits per heavy atom. The van der Waals surface area contributed by atoms with Crippen LogP contribution >= 0.6 is 0 Å². The Labute approximate surface area is 93.2 Å². The Balaban J connectivity index is 2.09. The van der Waals surface area contributed by atoms with E-state index in [0.717, 1.165) is 0 Å². The summed E-state index contributed by atoms with van der Waals surface area (Å²) in [4.78, 5) is 7.97. The molecular weight excluding hydrogens is 200 g/mol. The van der Waals surface area contributed by atoms with Crippen LogP contribution in [0.25, 0.3) is 0 Å². The maximum Gasteiger partial charge on any atom is 0.114 e. The zero-order valence-electron chi connectivity index (χ0n) is 8.46. The van der Waals surface area contributed by atoms with E-state index in [1.165, 1.54) is 0 Å². The standard InChI is InChI=1S/C12H8N4/c13-9-11-3-4-15-12(8-11)2-1-6-16-7-5-14-10-16/h3-5,7-8,10H,6H2. The molecule has 0 bridgehead atoms. The van der Waals surface area contributed by atoms with E-state index in [0.29, 0.717) is 17.8 Å². The second-order valence-corrected chi connectivity index (χ2v) is 3.08. The molecule has 2 aromatic heterocycles. The van der Waals surface area contributed by atoms with E-state index in [4.69, 9.17) is 5.26 Å². The van der Waals surface area contributed by atoms with Gasteiger partial charge in [-0.1, -0.05) is 5.92 Å². The van der Waals surface area contributed by atoms with Gasteiger partial charge in [0.05, 0.1) is 24.5 Å². The molecule has 0 aliphatic heterocycles. The van der Waals surface area contributed by atoms with Crippen LogP contribution in [0, 0.1) is 23.2 Å². The molecule has 0 amide bonds. The fraction of sp³-hybridized carbons (Fsp3) is 0.0833. The maximum absolute atomic E-state index is 8.70. The predicted octanol–water partition coefficient (Wildman–Crippen LogP) is 1.20. The number of pyridine rings is 1. The van der Waals surface area contributed by atoms with Crippen molar-refractivity contribution in [2.45, 2.75) is 6.54 Å². The molecule has 0 radical (unpaired) electrons. The SMILES string of the molecule is N#Cc1ccnc(C#CCn2ccnc2)c1. The van der Waals surface area contributed by atoms with E-state index in [1.54, 1.807) is 30.9 Å². The normalized spacial score (nSPS) is 8.94. The molecule has 2 heterocycles. The van der Waals surface area contributed by atoms with Gasteiger partial charge in [-0.3, -0.25) is 0 Å². The van der Waals surface area contributed by atoms with E-state index in [1.807, 2.05) is 16.8 Å². The molecule has 2 aromatic rings. The number of aromatic nitrogens is 3. The lowest BCUT2D eigenvalue weighted by molar-refractivity contribution is 0.839.